The third-order valence-electron chi connectivity index (χ3n) is 2.71. The first-order chi connectivity index (χ1) is 8.72. The minimum absolute atomic E-state index is 0.806. The van der Waals surface area contributed by atoms with E-state index >= 15 is 0 Å². The molecule has 0 amide bonds. The molecule has 0 radical (unpaired) electrons. The minimum Gasteiger partial charge on any atom is -0.427 e. The SMILES string of the molecule is CSP1(=S)Oc2ccccc2-c2ccccc2O1. The van der Waals surface area contributed by atoms with Crippen LogP contribution in [0.4, 0.5) is 0 Å². The summed E-state index contributed by atoms with van der Waals surface area (Å²) in [7, 11) is 0. The van der Waals surface area contributed by atoms with Crippen molar-refractivity contribution in [1.82, 2.24) is 0 Å². The number of benzene rings is 2. The topological polar surface area (TPSA) is 18.5 Å². The van der Waals surface area contributed by atoms with E-state index in [1.54, 1.807) is 0 Å². The van der Waals surface area contributed by atoms with E-state index in [0.29, 0.717) is 0 Å². The molecular formula is C13H11O2PS2. The van der Waals surface area contributed by atoms with E-state index in [4.69, 9.17) is 20.9 Å². The molecule has 2 aromatic rings. The summed E-state index contributed by atoms with van der Waals surface area (Å²) in [6, 6.07) is 15.8. The summed E-state index contributed by atoms with van der Waals surface area (Å²) in [6.07, 6.45) is 1.93. The summed E-state index contributed by atoms with van der Waals surface area (Å²) >= 11 is 6.99. The summed E-state index contributed by atoms with van der Waals surface area (Å²) in [5, 5.41) is 0. The Kier molecular flexibility index (Phi) is 3.10. The first kappa shape index (κ1) is 12.1. The van der Waals surface area contributed by atoms with Gasteiger partial charge in [-0.2, -0.15) is 0 Å². The molecule has 0 aromatic heterocycles. The second kappa shape index (κ2) is 4.61. The predicted octanol–water partition coefficient (Wildman–Crippen LogP) is 4.71. The monoisotopic (exact) mass is 294 g/mol. The molecule has 2 nitrogen and oxygen atoms in total. The van der Waals surface area contributed by atoms with Gasteiger partial charge >= 0.3 is 5.69 Å². The maximum atomic E-state index is 5.94. The number of hydrogen-bond acceptors (Lipinski definition) is 4. The number of rotatable bonds is 1. The van der Waals surface area contributed by atoms with Crippen LogP contribution >= 0.6 is 17.1 Å². The molecule has 0 bridgehead atoms. The molecule has 0 saturated carbocycles. The largest absolute Gasteiger partial charge is 0.427 e. The van der Waals surface area contributed by atoms with Crippen LogP contribution < -0.4 is 9.05 Å². The fourth-order valence-electron chi connectivity index (χ4n) is 1.87. The summed E-state index contributed by atoms with van der Waals surface area (Å²) < 4.78 is 11.9. The molecule has 0 aliphatic carbocycles. The van der Waals surface area contributed by atoms with Crippen LogP contribution in [0.2, 0.25) is 0 Å². The number of fused-ring (bicyclic) bond motifs is 3. The van der Waals surface area contributed by atoms with Gasteiger partial charge in [0.2, 0.25) is 0 Å². The highest BCUT2D eigenvalue weighted by molar-refractivity contribution is 8.67. The lowest BCUT2D eigenvalue weighted by atomic mass is 10.0. The Morgan fingerprint density at radius 2 is 1.33 bits per heavy atom. The highest BCUT2D eigenvalue weighted by atomic mass is 32.9. The van der Waals surface area contributed by atoms with Gasteiger partial charge in [-0.05, 0) is 41.6 Å². The van der Waals surface area contributed by atoms with Gasteiger partial charge in [-0.3, -0.25) is 0 Å². The first-order valence-corrected chi connectivity index (χ1v) is 9.92. The van der Waals surface area contributed by atoms with Crippen LogP contribution in [0.3, 0.4) is 0 Å². The molecule has 0 fully saturated rings. The van der Waals surface area contributed by atoms with Gasteiger partial charge < -0.3 is 9.05 Å². The van der Waals surface area contributed by atoms with Crippen molar-refractivity contribution < 1.29 is 9.05 Å². The van der Waals surface area contributed by atoms with E-state index in [1.807, 2.05) is 54.8 Å². The zero-order valence-electron chi connectivity index (χ0n) is 9.70. The van der Waals surface area contributed by atoms with Gasteiger partial charge in [0, 0.05) is 11.1 Å². The molecule has 0 spiro atoms. The van der Waals surface area contributed by atoms with E-state index in [-0.39, 0.29) is 0 Å². The standard InChI is InChI=1S/C13H11O2PS2/c1-18-16(17)14-12-8-4-2-6-10(12)11-7-3-5-9-13(11)15-16/h2-9H,1H3. The Balaban J connectivity index is 2.28. The molecule has 92 valence electrons. The van der Waals surface area contributed by atoms with Crippen molar-refractivity contribution in [2.24, 2.45) is 0 Å². The average molecular weight is 294 g/mol. The zero-order valence-corrected chi connectivity index (χ0v) is 12.2. The molecule has 0 saturated heterocycles. The molecule has 5 heteroatoms. The molecule has 1 aliphatic heterocycles. The second-order valence-electron chi connectivity index (χ2n) is 3.80. The Labute approximate surface area is 115 Å². The summed E-state index contributed by atoms with van der Waals surface area (Å²) in [5.41, 5.74) is -0.280. The Morgan fingerprint density at radius 3 is 1.78 bits per heavy atom. The normalized spacial score (nSPS) is 15.6. The van der Waals surface area contributed by atoms with Crippen molar-refractivity contribution >= 4 is 28.9 Å². The fourth-order valence-corrected chi connectivity index (χ4v) is 4.27. The van der Waals surface area contributed by atoms with E-state index in [1.165, 1.54) is 11.4 Å². The quantitative estimate of drug-likeness (QED) is 0.709. The molecule has 3 rings (SSSR count). The Bertz CT molecular complexity index is 591. The maximum Gasteiger partial charge on any atom is 0.348 e. The molecule has 1 heterocycles. The van der Waals surface area contributed by atoms with Crippen LogP contribution in [0, 0.1) is 0 Å². The van der Waals surface area contributed by atoms with Gasteiger partial charge in [-0.15, -0.1) is 0 Å². The second-order valence-corrected chi connectivity index (χ2v) is 10.1. The van der Waals surface area contributed by atoms with Crippen molar-refractivity contribution in [2.75, 3.05) is 6.26 Å². The molecule has 1 aliphatic rings. The van der Waals surface area contributed by atoms with E-state index in [0.717, 1.165) is 22.6 Å². The van der Waals surface area contributed by atoms with Gasteiger partial charge in [-0.25, -0.2) is 0 Å². The fraction of sp³-hybridized carbons (Fsp3) is 0.0769. The van der Waals surface area contributed by atoms with Crippen molar-refractivity contribution in [2.45, 2.75) is 0 Å². The van der Waals surface area contributed by atoms with Gasteiger partial charge in [0.15, 0.2) is 0 Å². The lowest BCUT2D eigenvalue weighted by Crippen LogP contribution is -1.94. The van der Waals surface area contributed by atoms with E-state index in [2.05, 4.69) is 0 Å². The lowest BCUT2D eigenvalue weighted by Gasteiger charge is -2.18. The molecule has 0 N–H and O–H groups in total. The maximum absolute atomic E-state index is 5.94. The molecule has 0 atom stereocenters. The third kappa shape index (κ3) is 2.05. The molecule has 0 unspecified atom stereocenters. The van der Waals surface area contributed by atoms with Crippen molar-refractivity contribution in [1.29, 1.82) is 0 Å². The van der Waals surface area contributed by atoms with Crippen LogP contribution in [-0.4, -0.2) is 6.26 Å². The highest BCUT2D eigenvalue weighted by Gasteiger charge is 2.28. The van der Waals surface area contributed by atoms with Gasteiger partial charge in [0.1, 0.15) is 11.5 Å². The zero-order chi connectivity index (χ0) is 12.6. The summed E-state index contributed by atoms with van der Waals surface area (Å²) in [5.74, 6) is 1.61. The van der Waals surface area contributed by atoms with Gasteiger partial charge in [0.05, 0.1) is 0 Å². The van der Waals surface area contributed by atoms with Gasteiger partial charge in [0.25, 0.3) is 0 Å². The summed E-state index contributed by atoms with van der Waals surface area (Å²) in [4.78, 5) is 0. The predicted molar refractivity (Wildman–Crippen MR) is 80.9 cm³/mol. The van der Waals surface area contributed by atoms with Crippen LogP contribution in [0.25, 0.3) is 11.1 Å². The number of hydrogen-bond donors (Lipinski definition) is 0. The third-order valence-corrected chi connectivity index (χ3v) is 7.57. The van der Waals surface area contributed by atoms with Crippen molar-refractivity contribution in [3.8, 4) is 22.6 Å². The van der Waals surface area contributed by atoms with Crippen LogP contribution in [0.5, 0.6) is 11.5 Å². The smallest absolute Gasteiger partial charge is 0.348 e. The van der Waals surface area contributed by atoms with Crippen molar-refractivity contribution in [3.05, 3.63) is 48.5 Å². The molecular weight excluding hydrogens is 283 g/mol. The highest BCUT2D eigenvalue weighted by Crippen LogP contribution is 2.62. The first-order valence-electron chi connectivity index (χ1n) is 5.45. The molecule has 18 heavy (non-hydrogen) atoms. The van der Waals surface area contributed by atoms with E-state index in [9.17, 15) is 0 Å². The average Bonchev–Trinajstić information content (AvgIpc) is 2.52. The number of para-hydroxylation sites is 2. The van der Waals surface area contributed by atoms with Crippen molar-refractivity contribution in [3.63, 3.8) is 0 Å². The Morgan fingerprint density at radius 1 is 0.889 bits per heavy atom. The summed E-state index contributed by atoms with van der Waals surface area (Å²) in [6.45, 7) is 0. The van der Waals surface area contributed by atoms with Crippen LogP contribution in [0.1, 0.15) is 0 Å². The van der Waals surface area contributed by atoms with Crippen LogP contribution in [0.15, 0.2) is 48.5 Å². The van der Waals surface area contributed by atoms with Gasteiger partial charge in [-0.1, -0.05) is 36.4 Å². The van der Waals surface area contributed by atoms with Crippen LogP contribution in [-0.2, 0) is 11.8 Å². The molecule has 2 aromatic carbocycles. The Hall–Kier alpha value is -0.960. The minimum atomic E-state index is -2.35. The lowest BCUT2D eigenvalue weighted by molar-refractivity contribution is 0.516. The van der Waals surface area contributed by atoms with E-state index < -0.39 is 5.69 Å².